The summed E-state index contributed by atoms with van der Waals surface area (Å²) in [7, 11) is 0. The molecule has 244 valence electrons. The van der Waals surface area contributed by atoms with E-state index in [4.69, 9.17) is 0 Å². The topological polar surface area (TPSA) is 83.4 Å². The predicted octanol–water partition coefficient (Wildman–Crippen LogP) is 6.28. The molecule has 46 heavy (non-hydrogen) atoms. The van der Waals surface area contributed by atoms with Gasteiger partial charge in [-0.15, -0.1) is 10.2 Å². The minimum absolute atomic E-state index is 0.0136. The molecule has 8 nitrogen and oxygen atoms in total. The summed E-state index contributed by atoms with van der Waals surface area (Å²) in [5.74, 6) is -3.26. The molecule has 4 aliphatic rings. The maximum Gasteiger partial charge on any atom is 0.401 e. The average Bonchev–Trinajstić information content (AvgIpc) is 3.81. The Morgan fingerprint density at radius 3 is 2.46 bits per heavy atom. The number of hydrogen-bond acceptors (Lipinski definition) is 4. The minimum atomic E-state index is -4.54. The van der Waals surface area contributed by atoms with Crippen molar-refractivity contribution >= 4 is 17.6 Å². The molecule has 2 atom stereocenters. The molecule has 4 heterocycles. The number of nitrogens with zero attached hydrogens (tertiary/aromatic N) is 5. The van der Waals surface area contributed by atoms with E-state index in [0.717, 1.165) is 23.7 Å². The number of para-hydroxylation sites is 1. The molecule has 13 heteroatoms. The van der Waals surface area contributed by atoms with Crippen molar-refractivity contribution in [1.29, 1.82) is 0 Å². The van der Waals surface area contributed by atoms with E-state index in [-0.39, 0.29) is 61.0 Å². The van der Waals surface area contributed by atoms with E-state index in [9.17, 15) is 31.5 Å². The van der Waals surface area contributed by atoms with Crippen LogP contribution in [-0.2, 0) is 23.2 Å². The van der Waals surface area contributed by atoms with Gasteiger partial charge in [-0.1, -0.05) is 30.3 Å². The number of aromatic nitrogens is 3. The predicted molar refractivity (Wildman–Crippen MR) is 158 cm³/mol. The molecule has 7 rings (SSSR count). The average molecular weight is 643 g/mol. The molecule has 0 spiro atoms. The monoisotopic (exact) mass is 642 g/mol. The molecule has 1 aliphatic carbocycles. The van der Waals surface area contributed by atoms with Crippen LogP contribution in [-0.4, -0.2) is 68.4 Å². The van der Waals surface area contributed by atoms with Crippen LogP contribution in [0.1, 0.15) is 79.6 Å². The first-order valence-corrected chi connectivity index (χ1v) is 15.9. The van der Waals surface area contributed by atoms with Crippen LogP contribution in [0.4, 0.5) is 32.4 Å². The normalized spacial score (nSPS) is 23.2. The number of halogens is 5. The third-order valence-electron chi connectivity index (χ3n) is 10.4. The van der Waals surface area contributed by atoms with Crippen molar-refractivity contribution in [2.75, 3.05) is 25.0 Å². The highest BCUT2D eigenvalue weighted by Gasteiger charge is 2.67. The summed E-state index contributed by atoms with van der Waals surface area (Å²) in [6, 6.07) is 11.4. The van der Waals surface area contributed by atoms with E-state index in [1.165, 1.54) is 16.7 Å². The number of benzene rings is 2. The van der Waals surface area contributed by atoms with Gasteiger partial charge >= 0.3 is 12.2 Å². The first-order valence-electron chi connectivity index (χ1n) is 15.9. The Bertz CT molecular complexity index is 1650. The van der Waals surface area contributed by atoms with Gasteiger partial charge in [-0.25, -0.2) is 13.6 Å². The van der Waals surface area contributed by atoms with Crippen molar-refractivity contribution in [3.05, 3.63) is 76.9 Å². The van der Waals surface area contributed by atoms with Gasteiger partial charge in [-0.3, -0.25) is 4.79 Å². The summed E-state index contributed by atoms with van der Waals surface area (Å²) in [6.07, 6.45) is -2.12. The van der Waals surface area contributed by atoms with E-state index in [1.54, 1.807) is 4.90 Å². The lowest BCUT2D eigenvalue weighted by Crippen LogP contribution is -2.50. The number of likely N-dealkylation sites (tertiary alicyclic amines) is 1. The fraction of sp³-hybridized carbons (Fsp3) is 0.515. The van der Waals surface area contributed by atoms with Gasteiger partial charge in [0.1, 0.15) is 17.1 Å². The number of carbonyl (C=O) groups is 2. The molecule has 1 saturated heterocycles. The molecule has 3 amide bonds. The number of anilines is 1. The number of fused-ring (bicyclic) bond motifs is 2. The summed E-state index contributed by atoms with van der Waals surface area (Å²) in [5.41, 5.74) is -0.134. The lowest BCUT2D eigenvalue weighted by molar-refractivity contribution is -0.163. The SMILES string of the molecule is O=C(C[C@@H]1CC[C@@H](c2cccc(F)c2F)Cn2c1nnc2C1(C(F)(F)F)CC1)N1CCC(N2CCc3ccccc3NC2=O)CC1. The second-order valence-corrected chi connectivity index (χ2v) is 13.0. The maximum atomic E-state index is 14.9. The Kier molecular flexibility index (Phi) is 7.75. The van der Waals surface area contributed by atoms with Gasteiger partial charge in [-0.05, 0) is 68.2 Å². The summed E-state index contributed by atoms with van der Waals surface area (Å²) in [6.45, 7) is 1.43. The third-order valence-corrected chi connectivity index (χ3v) is 10.4. The lowest BCUT2D eigenvalue weighted by atomic mass is 9.89. The van der Waals surface area contributed by atoms with Crippen LogP contribution in [0.3, 0.4) is 0 Å². The summed E-state index contributed by atoms with van der Waals surface area (Å²) >= 11 is 0. The number of carbonyl (C=O) groups excluding carboxylic acids is 2. The Morgan fingerprint density at radius 2 is 1.72 bits per heavy atom. The van der Waals surface area contributed by atoms with E-state index in [0.29, 0.717) is 45.3 Å². The van der Waals surface area contributed by atoms with Gasteiger partial charge in [0.2, 0.25) is 5.91 Å². The van der Waals surface area contributed by atoms with Crippen LogP contribution >= 0.6 is 0 Å². The van der Waals surface area contributed by atoms with Crippen LogP contribution in [0.25, 0.3) is 0 Å². The van der Waals surface area contributed by atoms with Crippen LogP contribution in [0.2, 0.25) is 0 Å². The number of hydrogen-bond donors (Lipinski definition) is 1. The van der Waals surface area contributed by atoms with Gasteiger partial charge in [-0.2, -0.15) is 13.2 Å². The highest BCUT2D eigenvalue weighted by molar-refractivity contribution is 5.91. The Balaban J connectivity index is 1.07. The maximum absolute atomic E-state index is 14.9. The molecular formula is C33H35F5N6O2. The molecule has 1 aromatic heterocycles. The number of nitrogens with one attached hydrogen (secondary N) is 1. The van der Waals surface area contributed by atoms with Crippen molar-refractivity contribution in [2.45, 2.75) is 87.4 Å². The highest BCUT2D eigenvalue weighted by Crippen LogP contribution is 2.59. The fourth-order valence-corrected chi connectivity index (χ4v) is 7.54. The summed E-state index contributed by atoms with van der Waals surface area (Å²) in [5, 5.41) is 11.2. The third kappa shape index (κ3) is 5.41. The Morgan fingerprint density at radius 1 is 0.957 bits per heavy atom. The molecule has 0 bridgehead atoms. The summed E-state index contributed by atoms with van der Waals surface area (Å²) < 4.78 is 73.2. The van der Waals surface area contributed by atoms with Crippen LogP contribution < -0.4 is 5.32 Å². The second kappa shape index (κ2) is 11.6. The number of piperidine rings is 1. The quantitative estimate of drug-likeness (QED) is 0.332. The van der Waals surface area contributed by atoms with Gasteiger partial charge in [0, 0.05) is 56.2 Å². The van der Waals surface area contributed by atoms with E-state index in [1.807, 2.05) is 29.2 Å². The molecule has 3 aliphatic heterocycles. The molecule has 3 aromatic rings. The van der Waals surface area contributed by atoms with Gasteiger partial charge < -0.3 is 19.7 Å². The first-order chi connectivity index (χ1) is 22.1. The molecule has 1 N–H and O–H groups in total. The molecule has 0 unspecified atom stereocenters. The Labute approximate surface area is 263 Å². The molecule has 2 aromatic carbocycles. The number of amides is 3. The molecular weight excluding hydrogens is 607 g/mol. The Hall–Kier alpha value is -4.03. The molecule has 2 fully saturated rings. The van der Waals surface area contributed by atoms with Crippen LogP contribution in [0, 0.1) is 11.6 Å². The number of urea groups is 1. The van der Waals surface area contributed by atoms with E-state index in [2.05, 4.69) is 15.5 Å². The van der Waals surface area contributed by atoms with Gasteiger partial charge in [0.15, 0.2) is 11.6 Å². The fourth-order valence-electron chi connectivity index (χ4n) is 7.54. The van der Waals surface area contributed by atoms with Crippen LogP contribution in [0.5, 0.6) is 0 Å². The van der Waals surface area contributed by atoms with Gasteiger partial charge in [0.25, 0.3) is 0 Å². The summed E-state index contributed by atoms with van der Waals surface area (Å²) in [4.78, 5) is 30.3. The van der Waals surface area contributed by atoms with E-state index < -0.39 is 35.1 Å². The largest absolute Gasteiger partial charge is 0.401 e. The number of alkyl halides is 3. The number of rotatable bonds is 5. The smallest absolute Gasteiger partial charge is 0.343 e. The van der Waals surface area contributed by atoms with Crippen molar-refractivity contribution in [3.8, 4) is 0 Å². The zero-order valence-corrected chi connectivity index (χ0v) is 25.2. The zero-order chi connectivity index (χ0) is 32.2. The van der Waals surface area contributed by atoms with E-state index >= 15 is 0 Å². The standard InChI is InChI=1S/C33H35F5N6O2/c34-25-6-3-5-24(28(25)35)22-9-8-21(29-40-41-30(44(29)19-22)32(13-14-32)33(36,37)38)18-27(45)42-15-11-23(12-16-42)43-17-10-20-4-1-2-7-26(20)39-31(43)46/h1-7,21-23H,8-19H2,(H,39,46)/t21-,22+/m0/s1. The van der Waals surface area contributed by atoms with Crippen molar-refractivity contribution < 1.29 is 31.5 Å². The van der Waals surface area contributed by atoms with Crippen molar-refractivity contribution in [2.24, 2.45) is 0 Å². The minimum Gasteiger partial charge on any atom is -0.343 e. The lowest BCUT2D eigenvalue weighted by Gasteiger charge is -2.38. The van der Waals surface area contributed by atoms with Crippen molar-refractivity contribution in [1.82, 2.24) is 24.6 Å². The first kappa shape index (κ1) is 30.6. The molecule has 0 radical (unpaired) electrons. The van der Waals surface area contributed by atoms with Crippen LogP contribution in [0.15, 0.2) is 42.5 Å². The van der Waals surface area contributed by atoms with Crippen molar-refractivity contribution in [3.63, 3.8) is 0 Å². The molecule has 1 saturated carbocycles. The van der Waals surface area contributed by atoms with Gasteiger partial charge in [0.05, 0.1) is 0 Å². The second-order valence-electron chi connectivity index (χ2n) is 13.0. The highest BCUT2D eigenvalue weighted by atomic mass is 19.4. The zero-order valence-electron chi connectivity index (χ0n) is 25.2.